The molecule has 0 heterocycles. The second-order valence-corrected chi connectivity index (χ2v) is 7.15. The Morgan fingerprint density at radius 2 is 1.94 bits per heavy atom. The van der Waals surface area contributed by atoms with Crippen molar-refractivity contribution in [2.45, 2.75) is 52.5 Å². The van der Waals surface area contributed by atoms with Crippen LogP contribution in [-0.4, -0.2) is 6.04 Å². The predicted octanol–water partition coefficient (Wildman–Crippen LogP) is 5.23. The molecule has 1 aliphatic carbocycles. The highest BCUT2D eigenvalue weighted by Gasteiger charge is 2.27. The molecule has 1 aromatic rings. The lowest BCUT2D eigenvalue weighted by Crippen LogP contribution is -2.35. The minimum atomic E-state index is 0.663. The first kappa shape index (κ1) is 14.2. The lowest BCUT2D eigenvalue weighted by molar-refractivity contribution is 0.254. The summed E-state index contributed by atoms with van der Waals surface area (Å²) in [6.07, 6.45) is 5.50. The van der Waals surface area contributed by atoms with Gasteiger partial charge in [0.15, 0.2) is 0 Å². The van der Waals surface area contributed by atoms with E-state index in [1.54, 1.807) is 0 Å². The molecule has 0 spiro atoms. The lowest BCUT2D eigenvalue weighted by atomic mass is 9.77. The van der Waals surface area contributed by atoms with Gasteiger partial charge < -0.3 is 5.32 Å². The molecule has 2 unspecified atom stereocenters. The third-order valence-corrected chi connectivity index (χ3v) is 4.89. The fraction of sp³-hybridized carbons (Fsp3) is 0.625. The maximum atomic E-state index is 3.82. The third-order valence-electron chi connectivity index (χ3n) is 4.22. The summed E-state index contributed by atoms with van der Waals surface area (Å²) >= 11 is 2.39. The van der Waals surface area contributed by atoms with E-state index >= 15 is 0 Å². The van der Waals surface area contributed by atoms with Crippen LogP contribution >= 0.6 is 22.6 Å². The Balaban J connectivity index is 2.13. The molecular formula is C16H24IN. The van der Waals surface area contributed by atoms with Crippen molar-refractivity contribution in [2.75, 3.05) is 5.32 Å². The summed E-state index contributed by atoms with van der Waals surface area (Å²) in [7, 11) is 0. The average molecular weight is 357 g/mol. The molecule has 0 amide bonds. The van der Waals surface area contributed by atoms with Gasteiger partial charge in [-0.05, 0) is 71.9 Å². The molecule has 1 aliphatic rings. The lowest BCUT2D eigenvalue weighted by Gasteiger charge is -2.36. The first-order chi connectivity index (χ1) is 8.58. The molecule has 0 aliphatic heterocycles. The Hall–Kier alpha value is -0.250. The molecular weight excluding hydrogens is 333 g/mol. The summed E-state index contributed by atoms with van der Waals surface area (Å²) in [5.74, 6) is 1.61. The predicted molar refractivity (Wildman–Crippen MR) is 88.1 cm³/mol. The maximum absolute atomic E-state index is 3.82. The van der Waals surface area contributed by atoms with Crippen LogP contribution in [0.4, 0.5) is 5.69 Å². The zero-order valence-corrected chi connectivity index (χ0v) is 13.8. The van der Waals surface area contributed by atoms with E-state index in [0.29, 0.717) is 6.04 Å². The van der Waals surface area contributed by atoms with Gasteiger partial charge in [-0.3, -0.25) is 0 Å². The highest BCUT2D eigenvalue weighted by atomic mass is 127. The van der Waals surface area contributed by atoms with Crippen molar-refractivity contribution in [1.29, 1.82) is 0 Å². The van der Waals surface area contributed by atoms with Gasteiger partial charge in [0, 0.05) is 15.3 Å². The van der Waals surface area contributed by atoms with Crippen LogP contribution in [0.25, 0.3) is 0 Å². The van der Waals surface area contributed by atoms with Gasteiger partial charge in [-0.2, -0.15) is 0 Å². The van der Waals surface area contributed by atoms with E-state index in [9.17, 15) is 0 Å². The summed E-state index contributed by atoms with van der Waals surface area (Å²) in [5.41, 5.74) is 2.70. The summed E-state index contributed by atoms with van der Waals surface area (Å²) in [4.78, 5) is 0. The van der Waals surface area contributed by atoms with Crippen molar-refractivity contribution in [1.82, 2.24) is 0 Å². The molecule has 0 saturated heterocycles. The van der Waals surface area contributed by atoms with Gasteiger partial charge in [-0.15, -0.1) is 0 Å². The fourth-order valence-corrected chi connectivity index (χ4v) is 3.58. The van der Waals surface area contributed by atoms with Crippen LogP contribution in [0.15, 0.2) is 18.2 Å². The SMILES string of the molecule is Cc1ccc(I)cc1NC1CCCCC1C(C)C. The molecule has 0 aromatic heterocycles. The Kier molecular flexibility index (Phi) is 4.93. The monoisotopic (exact) mass is 357 g/mol. The van der Waals surface area contributed by atoms with Gasteiger partial charge in [0.2, 0.25) is 0 Å². The minimum Gasteiger partial charge on any atom is -0.382 e. The van der Waals surface area contributed by atoms with E-state index < -0.39 is 0 Å². The van der Waals surface area contributed by atoms with Crippen molar-refractivity contribution in [3.8, 4) is 0 Å². The van der Waals surface area contributed by atoms with E-state index in [4.69, 9.17) is 0 Å². The van der Waals surface area contributed by atoms with Crippen LogP contribution in [0.3, 0.4) is 0 Å². The molecule has 2 heteroatoms. The van der Waals surface area contributed by atoms with Crippen LogP contribution in [0, 0.1) is 22.3 Å². The standard InChI is InChI=1S/C16H24IN/c1-11(2)14-6-4-5-7-15(14)18-16-10-13(17)9-8-12(16)3/h8-11,14-15,18H,4-7H2,1-3H3. The molecule has 100 valence electrons. The normalized spacial score (nSPS) is 24.3. The highest BCUT2D eigenvalue weighted by Crippen LogP contribution is 2.33. The van der Waals surface area contributed by atoms with E-state index in [0.717, 1.165) is 11.8 Å². The number of halogens is 1. The fourth-order valence-electron chi connectivity index (χ4n) is 3.09. The van der Waals surface area contributed by atoms with Gasteiger partial charge >= 0.3 is 0 Å². The number of rotatable bonds is 3. The topological polar surface area (TPSA) is 12.0 Å². The third kappa shape index (κ3) is 3.40. The van der Waals surface area contributed by atoms with Crippen LogP contribution in [0.5, 0.6) is 0 Å². The van der Waals surface area contributed by atoms with Crippen LogP contribution in [0.1, 0.15) is 45.1 Å². The van der Waals surface area contributed by atoms with Crippen LogP contribution in [-0.2, 0) is 0 Å². The van der Waals surface area contributed by atoms with Gasteiger partial charge in [-0.1, -0.05) is 32.8 Å². The summed E-state index contributed by atoms with van der Waals surface area (Å²) < 4.78 is 1.32. The molecule has 2 atom stereocenters. The molecule has 18 heavy (non-hydrogen) atoms. The number of hydrogen-bond donors (Lipinski definition) is 1. The number of aryl methyl sites for hydroxylation is 1. The van der Waals surface area contributed by atoms with Crippen molar-refractivity contribution in [3.63, 3.8) is 0 Å². The Morgan fingerprint density at radius 1 is 1.22 bits per heavy atom. The minimum absolute atomic E-state index is 0.663. The molecule has 0 radical (unpaired) electrons. The quantitative estimate of drug-likeness (QED) is 0.731. The zero-order chi connectivity index (χ0) is 13.1. The number of hydrogen-bond acceptors (Lipinski definition) is 1. The van der Waals surface area contributed by atoms with E-state index in [1.807, 2.05) is 0 Å². The van der Waals surface area contributed by atoms with Crippen LogP contribution in [0.2, 0.25) is 0 Å². The summed E-state index contributed by atoms with van der Waals surface area (Å²) in [6, 6.07) is 7.34. The molecule has 2 rings (SSSR count). The number of nitrogens with one attached hydrogen (secondary N) is 1. The number of anilines is 1. The first-order valence-corrected chi connectivity index (χ1v) is 8.18. The molecule has 1 saturated carbocycles. The second kappa shape index (κ2) is 6.27. The molecule has 1 fully saturated rings. The van der Waals surface area contributed by atoms with E-state index in [2.05, 4.69) is 66.9 Å². The second-order valence-electron chi connectivity index (χ2n) is 5.90. The van der Waals surface area contributed by atoms with E-state index in [-0.39, 0.29) is 0 Å². The Labute approximate surface area is 125 Å². The van der Waals surface area contributed by atoms with Gasteiger partial charge in [0.25, 0.3) is 0 Å². The maximum Gasteiger partial charge on any atom is 0.0382 e. The average Bonchev–Trinajstić information content (AvgIpc) is 2.34. The van der Waals surface area contributed by atoms with E-state index in [1.165, 1.54) is 40.5 Å². The Bertz CT molecular complexity index is 400. The smallest absolute Gasteiger partial charge is 0.0382 e. The van der Waals surface area contributed by atoms with Crippen molar-refractivity contribution in [3.05, 3.63) is 27.3 Å². The zero-order valence-electron chi connectivity index (χ0n) is 11.7. The van der Waals surface area contributed by atoms with Crippen molar-refractivity contribution < 1.29 is 0 Å². The Morgan fingerprint density at radius 3 is 2.67 bits per heavy atom. The summed E-state index contributed by atoms with van der Waals surface area (Å²) in [5, 5.41) is 3.82. The number of benzene rings is 1. The largest absolute Gasteiger partial charge is 0.382 e. The van der Waals surface area contributed by atoms with Gasteiger partial charge in [0.05, 0.1) is 0 Å². The van der Waals surface area contributed by atoms with Crippen molar-refractivity contribution >= 4 is 28.3 Å². The van der Waals surface area contributed by atoms with Gasteiger partial charge in [0.1, 0.15) is 0 Å². The summed E-state index contributed by atoms with van der Waals surface area (Å²) in [6.45, 7) is 6.93. The molecule has 1 nitrogen and oxygen atoms in total. The van der Waals surface area contributed by atoms with Gasteiger partial charge in [-0.25, -0.2) is 0 Å². The van der Waals surface area contributed by atoms with Crippen molar-refractivity contribution in [2.24, 2.45) is 11.8 Å². The molecule has 1 aromatic carbocycles. The highest BCUT2D eigenvalue weighted by molar-refractivity contribution is 14.1. The van der Waals surface area contributed by atoms with Crippen LogP contribution < -0.4 is 5.32 Å². The molecule has 1 N–H and O–H groups in total. The molecule has 0 bridgehead atoms. The first-order valence-electron chi connectivity index (χ1n) is 7.10.